The number of ketones is 1. The van der Waals surface area contributed by atoms with Gasteiger partial charge in [0.25, 0.3) is 0 Å². The second kappa shape index (κ2) is 7.69. The zero-order valence-corrected chi connectivity index (χ0v) is 15.9. The Morgan fingerprint density at radius 3 is 2.86 bits per heavy atom. The minimum Gasteiger partial charge on any atom is -0.377 e. The number of hydrogen-bond donors (Lipinski definition) is 1. The maximum Gasteiger partial charge on any atom is 0.159 e. The summed E-state index contributed by atoms with van der Waals surface area (Å²) < 4.78 is 2.08. The van der Waals surface area contributed by atoms with Crippen molar-refractivity contribution in [1.29, 1.82) is 5.26 Å². The van der Waals surface area contributed by atoms with Gasteiger partial charge in [0.15, 0.2) is 5.78 Å². The Balaban J connectivity index is 1.62. The number of anilines is 1. The summed E-state index contributed by atoms with van der Waals surface area (Å²) in [7, 11) is 0. The van der Waals surface area contributed by atoms with Crippen molar-refractivity contribution >= 4 is 11.5 Å². The Hall–Kier alpha value is -3.39. The van der Waals surface area contributed by atoms with Crippen LogP contribution in [0.5, 0.6) is 0 Å². The number of Topliss-reactive ketones (excluding diaryl/α,β-unsaturated/α-hetero) is 1. The lowest BCUT2D eigenvalue weighted by Gasteiger charge is -2.26. The number of aromatic nitrogens is 2. The molecule has 3 aromatic rings. The van der Waals surface area contributed by atoms with Gasteiger partial charge in [-0.2, -0.15) is 10.4 Å². The van der Waals surface area contributed by atoms with E-state index in [1.807, 2.05) is 24.4 Å². The van der Waals surface area contributed by atoms with Gasteiger partial charge in [-0.3, -0.25) is 9.48 Å². The first-order valence-electron chi connectivity index (χ1n) is 9.56. The minimum absolute atomic E-state index is 0.00689. The van der Waals surface area contributed by atoms with Gasteiger partial charge in [0.05, 0.1) is 30.0 Å². The lowest BCUT2D eigenvalue weighted by molar-refractivity contribution is 0.101. The summed E-state index contributed by atoms with van der Waals surface area (Å²) in [6.45, 7) is 2.30. The monoisotopic (exact) mass is 370 g/mol. The molecule has 1 unspecified atom stereocenters. The van der Waals surface area contributed by atoms with Gasteiger partial charge >= 0.3 is 0 Å². The average Bonchev–Trinajstić information content (AvgIpc) is 3.12. The molecule has 0 amide bonds. The minimum atomic E-state index is -0.00689. The number of carbonyl (C=O) groups is 1. The largest absolute Gasteiger partial charge is 0.377 e. The first-order valence-corrected chi connectivity index (χ1v) is 9.56. The van der Waals surface area contributed by atoms with Crippen molar-refractivity contribution in [2.75, 3.05) is 5.32 Å². The summed E-state index contributed by atoms with van der Waals surface area (Å²) in [5.74, 6) is -0.00689. The van der Waals surface area contributed by atoms with Crippen molar-refractivity contribution < 1.29 is 4.79 Å². The third kappa shape index (κ3) is 3.54. The summed E-state index contributed by atoms with van der Waals surface area (Å²) >= 11 is 0. The van der Waals surface area contributed by atoms with Crippen molar-refractivity contribution in [1.82, 2.24) is 9.78 Å². The van der Waals surface area contributed by atoms with E-state index < -0.39 is 0 Å². The number of carbonyl (C=O) groups excluding carboxylic acids is 1. The lowest BCUT2D eigenvalue weighted by atomic mass is 9.92. The van der Waals surface area contributed by atoms with Gasteiger partial charge in [-0.15, -0.1) is 0 Å². The molecule has 0 bridgehead atoms. The van der Waals surface area contributed by atoms with Gasteiger partial charge < -0.3 is 5.32 Å². The Bertz CT molecular complexity index is 1050. The summed E-state index contributed by atoms with van der Waals surface area (Å²) in [4.78, 5) is 11.7. The SMILES string of the molecule is CC(=O)c1ccc(C#N)c(NC2CCCc3c2cnn3Cc2ccccc2)c1. The molecule has 140 valence electrons. The van der Waals surface area contributed by atoms with E-state index in [2.05, 4.69) is 33.3 Å². The van der Waals surface area contributed by atoms with E-state index >= 15 is 0 Å². The molecule has 4 rings (SSSR count). The maximum atomic E-state index is 11.7. The van der Waals surface area contributed by atoms with Crippen molar-refractivity contribution in [3.63, 3.8) is 0 Å². The van der Waals surface area contributed by atoms with Gasteiger partial charge in [0, 0.05) is 16.8 Å². The predicted octanol–water partition coefficient (Wildman–Crippen LogP) is 4.50. The van der Waals surface area contributed by atoms with E-state index in [1.54, 1.807) is 18.2 Å². The third-order valence-electron chi connectivity index (χ3n) is 5.31. The predicted molar refractivity (Wildman–Crippen MR) is 108 cm³/mol. The molecular formula is C23H22N4O. The molecule has 28 heavy (non-hydrogen) atoms. The highest BCUT2D eigenvalue weighted by molar-refractivity contribution is 5.95. The highest BCUT2D eigenvalue weighted by atomic mass is 16.1. The second-order valence-corrected chi connectivity index (χ2v) is 7.21. The molecule has 0 saturated carbocycles. The van der Waals surface area contributed by atoms with Crippen LogP contribution in [0.2, 0.25) is 0 Å². The molecule has 0 saturated heterocycles. The molecule has 1 N–H and O–H groups in total. The highest BCUT2D eigenvalue weighted by Crippen LogP contribution is 2.34. The van der Waals surface area contributed by atoms with Crippen LogP contribution < -0.4 is 5.32 Å². The van der Waals surface area contributed by atoms with Crippen molar-refractivity contribution in [2.45, 2.75) is 38.8 Å². The zero-order chi connectivity index (χ0) is 19.5. The molecule has 2 aromatic carbocycles. The van der Waals surface area contributed by atoms with Gasteiger partial charge in [0.2, 0.25) is 0 Å². The summed E-state index contributed by atoms with van der Waals surface area (Å²) in [5, 5.41) is 17.6. The first-order chi connectivity index (χ1) is 13.7. The van der Waals surface area contributed by atoms with E-state index in [1.165, 1.54) is 23.7 Å². The summed E-state index contributed by atoms with van der Waals surface area (Å²) in [5.41, 5.74) is 5.52. The van der Waals surface area contributed by atoms with E-state index in [0.29, 0.717) is 16.8 Å². The van der Waals surface area contributed by atoms with Crippen LogP contribution in [-0.4, -0.2) is 15.6 Å². The number of nitrogens with one attached hydrogen (secondary N) is 1. The smallest absolute Gasteiger partial charge is 0.159 e. The standard InChI is InChI=1S/C23H22N4O/c1-16(28)18-10-11-19(13-24)22(12-18)26-21-8-5-9-23-20(21)14-25-27(23)15-17-6-3-2-4-7-17/h2-4,6-7,10-12,14,21,26H,5,8-9,15H2,1H3. The Morgan fingerprint density at radius 2 is 2.11 bits per heavy atom. The number of fused-ring (bicyclic) bond motifs is 1. The molecule has 1 aliphatic rings. The molecule has 1 heterocycles. The molecule has 0 spiro atoms. The van der Waals surface area contributed by atoms with Crippen molar-refractivity contribution in [3.05, 3.63) is 82.7 Å². The van der Waals surface area contributed by atoms with Crippen molar-refractivity contribution in [3.8, 4) is 6.07 Å². The Morgan fingerprint density at radius 1 is 1.29 bits per heavy atom. The lowest BCUT2D eigenvalue weighted by Crippen LogP contribution is -2.19. The van der Waals surface area contributed by atoms with Crippen LogP contribution in [0.25, 0.3) is 0 Å². The number of hydrogen-bond acceptors (Lipinski definition) is 4. The average molecular weight is 370 g/mol. The molecule has 0 radical (unpaired) electrons. The highest BCUT2D eigenvalue weighted by Gasteiger charge is 2.25. The normalized spacial score (nSPS) is 15.5. The topological polar surface area (TPSA) is 70.7 Å². The van der Waals surface area contributed by atoms with Gasteiger partial charge in [-0.1, -0.05) is 30.3 Å². The fraction of sp³-hybridized carbons (Fsp3) is 0.261. The van der Waals surface area contributed by atoms with E-state index in [4.69, 9.17) is 0 Å². The maximum absolute atomic E-state index is 11.7. The van der Waals surface area contributed by atoms with Crippen LogP contribution in [0.1, 0.15) is 58.5 Å². The van der Waals surface area contributed by atoms with Crippen LogP contribution in [0, 0.1) is 11.3 Å². The molecule has 5 heteroatoms. The van der Waals surface area contributed by atoms with Crippen molar-refractivity contribution in [2.24, 2.45) is 0 Å². The third-order valence-corrected chi connectivity index (χ3v) is 5.31. The van der Waals surface area contributed by atoms with Crippen LogP contribution >= 0.6 is 0 Å². The van der Waals surface area contributed by atoms with Crippen LogP contribution in [0.15, 0.2) is 54.7 Å². The number of benzene rings is 2. The molecular weight excluding hydrogens is 348 g/mol. The molecule has 1 atom stereocenters. The van der Waals surface area contributed by atoms with Crippen LogP contribution in [0.3, 0.4) is 0 Å². The molecule has 1 aromatic heterocycles. The molecule has 0 aliphatic heterocycles. The number of rotatable bonds is 5. The molecule has 5 nitrogen and oxygen atoms in total. The van der Waals surface area contributed by atoms with E-state index in [-0.39, 0.29) is 11.8 Å². The number of nitrogens with zero attached hydrogens (tertiary/aromatic N) is 3. The summed E-state index contributed by atoms with van der Waals surface area (Å²) in [6, 6.07) is 17.8. The molecule has 0 fully saturated rings. The second-order valence-electron chi connectivity index (χ2n) is 7.21. The van der Waals surface area contributed by atoms with E-state index in [0.717, 1.165) is 25.8 Å². The summed E-state index contributed by atoms with van der Waals surface area (Å²) in [6.07, 6.45) is 4.97. The van der Waals surface area contributed by atoms with Gasteiger partial charge in [0.1, 0.15) is 6.07 Å². The van der Waals surface area contributed by atoms with Gasteiger partial charge in [-0.05, 0) is 49.9 Å². The first kappa shape index (κ1) is 18.0. The molecule has 1 aliphatic carbocycles. The number of nitriles is 1. The van der Waals surface area contributed by atoms with Crippen LogP contribution in [-0.2, 0) is 13.0 Å². The van der Waals surface area contributed by atoms with Crippen LogP contribution in [0.4, 0.5) is 5.69 Å². The van der Waals surface area contributed by atoms with Gasteiger partial charge in [-0.25, -0.2) is 0 Å². The fourth-order valence-electron chi connectivity index (χ4n) is 3.83. The Kier molecular flexibility index (Phi) is 4.94. The van der Waals surface area contributed by atoms with E-state index in [9.17, 15) is 10.1 Å². The Labute approximate surface area is 164 Å². The quantitative estimate of drug-likeness (QED) is 0.672. The fourth-order valence-corrected chi connectivity index (χ4v) is 3.83. The zero-order valence-electron chi connectivity index (χ0n) is 15.9.